The first kappa shape index (κ1) is 19.2. The highest BCUT2D eigenvalue weighted by atomic mass is 16.3. The Morgan fingerprint density at radius 1 is 1.43 bits per heavy atom. The average molecular weight is 382 g/mol. The molecule has 0 unspecified atom stereocenters. The molecule has 1 aromatic carbocycles. The van der Waals surface area contributed by atoms with Crippen molar-refractivity contribution in [3.8, 4) is 0 Å². The predicted molar refractivity (Wildman–Crippen MR) is 115 cm³/mol. The summed E-state index contributed by atoms with van der Waals surface area (Å²) in [6.45, 7) is 7.56. The van der Waals surface area contributed by atoms with Crippen LogP contribution in [0.4, 0.5) is 0 Å². The Hall–Kier alpha value is -2.11. The molecule has 1 aliphatic carbocycles. The molecule has 28 heavy (non-hydrogen) atoms. The van der Waals surface area contributed by atoms with Gasteiger partial charge in [-0.15, -0.1) is 6.58 Å². The van der Waals surface area contributed by atoms with Gasteiger partial charge >= 0.3 is 5.90 Å². The number of likely N-dealkylation sites (tertiary alicyclic amines) is 1. The smallest absolute Gasteiger partial charge is 0.336 e. The summed E-state index contributed by atoms with van der Waals surface area (Å²) in [5, 5.41) is 12.2. The number of benzene rings is 1. The van der Waals surface area contributed by atoms with Gasteiger partial charge in [0.05, 0.1) is 5.92 Å². The number of aliphatic hydroxyl groups excluding tert-OH is 1. The fraction of sp³-hybridized carbons (Fsp3) is 0.522. The van der Waals surface area contributed by atoms with Crippen LogP contribution in [0.5, 0.6) is 0 Å². The van der Waals surface area contributed by atoms with E-state index in [0.29, 0.717) is 17.9 Å². The number of fused-ring (bicyclic) bond motifs is 2. The molecule has 5 heteroatoms. The zero-order valence-corrected chi connectivity index (χ0v) is 17.1. The molecular weight excluding hydrogens is 348 g/mol. The first-order chi connectivity index (χ1) is 13.6. The Balaban J connectivity index is 1.59. The van der Waals surface area contributed by atoms with Gasteiger partial charge in [-0.3, -0.25) is 4.90 Å². The summed E-state index contributed by atoms with van der Waals surface area (Å²) in [7, 11) is 4.16. The van der Waals surface area contributed by atoms with Crippen LogP contribution < -0.4 is 4.99 Å². The third kappa shape index (κ3) is 3.61. The van der Waals surface area contributed by atoms with E-state index in [0.717, 1.165) is 45.4 Å². The van der Waals surface area contributed by atoms with Crippen LogP contribution in [0, 0.1) is 5.92 Å². The Labute approximate surface area is 167 Å². The van der Waals surface area contributed by atoms with E-state index in [4.69, 9.17) is 0 Å². The van der Waals surface area contributed by atoms with Gasteiger partial charge in [-0.2, -0.15) is 0 Å². The third-order valence-corrected chi connectivity index (χ3v) is 6.41. The lowest BCUT2D eigenvalue weighted by Gasteiger charge is -2.45. The second kappa shape index (κ2) is 8.10. The maximum Gasteiger partial charge on any atom is 0.336 e. The number of hydrogen-bond acceptors (Lipinski definition) is 2. The van der Waals surface area contributed by atoms with Crippen molar-refractivity contribution in [3.05, 3.63) is 48.2 Å². The number of aromatic nitrogens is 1. The van der Waals surface area contributed by atoms with Crippen molar-refractivity contribution < 1.29 is 10.1 Å². The second-order valence-electron chi connectivity index (χ2n) is 8.61. The lowest BCUT2D eigenvalue weighted by atomic mass is 9.72. The van der Waals surface area contributed by atoms with Crippen molar-refractivity contribution in [3.63, 3.8) is 0 Å². The van der Waals surface area contributed by atoms with E-state index in [1.807, 2.05) is 6.08 Å². The average Bonchev–Trinajstić information content (AvgIpc) is 3.10. The molecular formula is C23H33N4O+. The minimum absolute atomic E-state index is 0.149. The molecule has 3 N–H and O–H groups in total. The highest BCUT2D eigenvalue weighted by Crippen LogP contribution is 2.44. The zero-order valence-electron chi connectivity index (χ0n) is 17.1. The number of H-pyrrole nitrogens is 1. The van der Waals surface area contributed by atoms with Crippen molar-refractivity contribution in [1.29, 1.82) is 0 Å². The number of aromatic amines is 1. The molecule has 2 heterocycles. The van der Waals surface area contributed by atoms with E-state index in [1.54, 1.807) is 0 Å². The van der Waals surface area contributed by atoms with Crippen molar-refractivity contribution in [2.24, 2.45) is 5.92 Å². The second-order valence-corrected chi connectivity index (χ2v) is 8.61. The maximum absolute atomic E-state index is 10.8. The number of nitrogens with one attached hydrogen (secondary N) is 2. The molecule has 1 fully saturated rings. The van der Waals surface area contributed by atoms with Gasteiger partial charge in [0, 0.05) is 55.1 Å². The van der Waals surface area contributed by atoms with Gasteiger partial charge in [0.2, 0.25) is 0 Å². The van der Waals surface area contributed by atoms with E-state index in [-0.39, 0.29) is 5.92 Å². The fourth-order valence-electron chi connectivity index (χ4n) is 5.13. The molecule has 1 aromatic heterocycles. The molecule has 2 aliphatic rings. The first-order valence-electron chi connectivity index (χ1n) is 10.5. The number of piperidine rings is 1. The molecule has 1 aliphatic heterocycles. The molecule has 5 nitrogen and oxygen atoms in total. The molecule has 150 valence electrons. The SMILES string of the molecule is C=CCN1C[C@H](C(O)=[NH+]CCCN(C)C)C[C@@H]2c3cccc4[nH]cc(c34)C[C@H]21. The maximum atomic E-state index is 10.8. The molecule has 0 spiro atoms. The Kier molecular flexibility index (Phi) is 5.56. The van der Waals surface area contributed by atoms with Gasteiger partial charge in [-0.05, 0) is 44.1 Å². The van der Waals surface area contributed by atoms with Crippen LogP contribution in [0.3, 0.4) is 0 Å². The largest absolute Gasteiger partial charge is 0.463 e. The summed E-state index contributed by atoms with van der Waals surface area (Å²) in [5.41, 5.74) is 4.09. The number of rotatable bonds is 7. The summed E-state index contributed by atoms with van der Waals surface area (Å²) in [5.74, 6) is 1.05. The highest BCUT2D eigenvalue weighted by molar-refractivity contribution is 5.88. The van der Waals surface area contributed by atoms with E-state index in [1.165, 1.54) is 22.0 Å². The Bertz CT molecular complexity index is 869. The van der Waals surface area contributed by atoms with Crippen LogP contribution in [0.15, 0.2) is 37.1 Å². The van der Waals surface area contributed by atoms with Gasteiger partial charge in [-0.1, -0.05) is 18.2 Å². The topological polar surface area (TPSA) is 56.5 Å². The molecule has 4 rings (SSSR count). The quantitative estimate of drug-likeness (QED) is 0.296. The Morgan fingerprint density at radius 2 is 2.29 bits per heavy atom. The van der Waals surface area contributed by atoms with E-state index < -0.39 is 0 Å². The first-order valence-corrected chi connectivity index (χ1v) is 10.5. The summed E-state index contributed by atoms with van der Waals surface area (Å²) in [6.07, 6.45) is 7.26. The lowest BCUT2D eigenvalue weighted by Crippen LogP contribution is -2.76. The van der Waals surface area contributed by atoms with Gasteiger partial charge in [0.15, 0.2) is 0 Å². The molecule has 2 aromatic rings. The molecule has 0 radical (unpaired) electrons. The Morgan fingerprint density at radius 3 is 3.07 bits per heavy atom. The molecule has 0 bridgehead atoms. The number of hydrogen-bond donors (Lipinski definition) is 3. The summed E-state index contributed by atoms with van der Waals surface area (Å²) >= 11 is 0. The van der Waals surface area contributed by atoms with E-state index in [9.17, 15) is 5.11 Å². The predicted octanol–water partition coefficient (Wildman–Crippen LogP) is 1.67. The monoisotopic (exact) mass is 381 g/mol. The van der Waals surface area contributed by atoms with Crippen molar-refractivity contribution in [2.45, 2.75) is 31.2 Å². The lowest BCUT2D eigenvalue weighted by molar-refractivity contribution is -0.470. The summed E-state index contributed by atoms with van der Waals surface area (Å²) in [4.78, 5) is 11.4. The van der Waals surface area contributed by atoms with Gasteiger partial charge in [0.1, 0.15) is 6.54 Å². The van der Waals surface area contributed by atoms with Gasteiger partial charge < -0.3 is 15.0 Å². The third-order valence-electron chi connectivity index (χ3n) is 6.41. The minimum atomic E-state index is 0.149. The minimum Gasteiger partial charge on any atom is -0.463 e. The number of aliphatic hydroxyl groups is 1. The van der Waals surface area contributed by atoms with Crippen molar-refractivity contribution >= 4 is 16.8 Å². The van der Waals surface area contributed by atoms with Crippen molar-refractivity contribution in [1.82, 2.24) is 14.8 Å². The van der Waals surface area contributed by atoms with E-state index >= 15 is 0 Å². The molecule has 0 saturated carbocycles. The van der Waals surface area contributed by atoms with Crippen molar-refractivity contribution in [2.75, 3.05) is 40.3 Å². The molecule has 0 amide bonds. The van der Waals surface area contributed by atoms with E-state index in [2.05, 4.69) is 64.8 Å². The number of nitrogens with zero attached hydrogens (tertiary/aromatic N) is 2. The zero-order chi connectivity index (χ0) is 19.7. The standard InChI is InChI=1S/C23H32N4O/c1-4-10-27-15-17(23(28)24-9-6-11-26(2)3)12-19-18-7-5-8-20-22(18)16(14-25-20)13-21(19)27/h4-5,7-8,14,17,19,21,25H,1,6,9-13,15H2,2-3H3,(H,24,28)/p+1/t17-,19-,21-/m1/s1. The summed E-state index contributed by atoms with van der Waals surface area (Å²) in [6, 6.07) is 7.09. The highest BCUT2D eigenvalue weighted by Gasteiger charge is 2.43. The molecule has 3 atom stereocenters. The van der Waals surface area contributed by atoms with Gasteiger partial charge in [-0.25, -0.2) is 4.99 Å². The fourth-order valence-corrected chi connectivity index (χ4v) is 5.13. The van der Waals surface area contributed by atoms with Gasteiger partial charge in [0.25, 0.3) is 0 Å². The van der Waals surface area contributed by atoms with Crippen LogP contribution in [0.25, 0.3) is 10.9 Å². The molecule has 1 saturated heterocycles. The van der Waals surface area contributed by atoms with Crippen LogP contribution >= 0.6 is 0 Å². The normalized spacial score (nSPS) is 25.2. The van der Waals surface area contributed by atoms with Crippen LogP contribution in [-0.2, 0) is 6.42 Å². The van der Waals surface area contributed by atoms with Crippen LogP contribution in [0.2, 0.25) is 0 Å². The summed E-state index contributed by atoms with van der Waals surface area (Å²) < 4.78 is 0. The van der Waals surface area contributed by atoms with Crippen LogP contribution in [0.1, 0.15) is 29.9 Å². The van der Waals surface area contributed by atoms with Crippen LogP contribution in [-0.4, -0.2) is 72.1 Å².